The summed E-state index contributed by atoms with van der Waals surface area (Å²) in [5, 5.41) is 15.7. The van der Waals surface area contributed by atoms with Crippen molar-refractivity contribution in [3.63, 3.8) is 0 Å². The monoisotopic (exact) mass is 1140 g/mol. The van der Waals surface area contributed by atoms with Gasteiger partial charge in [-0.3, -0.25) is 0 Å². The maximum atomic E-state index is 2.31. The number of fused-ring (bicyclic) bond motifs is 6. The van der Waals surface area contributed by atoms with Crippen LogP contribution in [0.4, 0.5) is 0 Å². The van der Waals surface area contributed by atoms with E-state index < -0.39 is 0 Å². The van der Waals surface area contributed by atoms with E-state index in [9.17, 15) is 0 Å². The summed E-state index contributed by atoms with van der Waals surface area (Å²) in [6, 6.07) is 102. The van der Waals surface area contributed by atoms with Crippen LogP contribution in [0.15, 0.2) is 279 Å². The van der Waals surface area contributed by atoms with Crippen LogP contribution in [0.3, 0.4) is 0 Å². The second-order valence-electron chi connectivity index (χ2n) is 25.5. The highest BCUT2D eigenvalue weighted by molar-refractivity contribution is 6.24. The van der Waals surface area contributed by atoms with Crippen molar-refractivity contribution in [2.24, 2.45) is 0 Å². The molecular formula is C89H76. The minimum atomic E-state index is 0.151. The molecule has 0 saturated heterocycles. The molecule has 0 heteroatoms. The van der Waals surface area contributed by atoms with Crippen LogP contribution >= 0.6 is 0 Å². The van der Waals surface area contributed by atoms with Gasteiger partial charge in [0.25, 0.3) is 0 Å². The Kier molecular flexibility index (Phi) is 15.7. The summed E-state index contributed by atoms with van der Waals surface area (Å²) >= 11 is 0. The van der Waals surface area contributed by atoms with Crippen LogP contribution in [0.25, 0.3) is 131 Å². The van der Waals surface area contributed by atoms with Crippen LogP contribution in [0.5, 0.6) is 0 Å². The Bertz CT molecular complexity index is 4930. The summed E-state index contributed by atoms with van der Waals surface area (Å²) in [5.41, 5.74) is 26.4. The molecule has 0 bridgehead atoms. The Hall–Kier alpha value is -10.1. The summed E-state index contributed by atoms with van der Waals surface area (Å²) in [4.78, 5) is 0. The SMILES string of the molecule is Cc1ccc(-c2c3ccccc3c(-c3c(C)cc(C)cc3C)c3ccccc23)cc1.Cc1ccc(-c2c3ccccc3c(-c3ccc(C(C)(C)C)cc3)c3ccccc23)cc1.Cc1ccc(-c2c3ccccc3c(-c3ccccc3C)c3ccccc23)cc1. The lowest BCUT2D eigenvalue weighted by Crippen LogP contribution is -2.10. The largest absolute Gasteiger partial charge is 0.0620 e. The van der Waals surface area contributed by atoms with Gasteiger partial charge in [-0.05, 0) is 208 Å². The maximum Gasteiger partial charge on any atom is -0.00210 e. The van der Waals surface area contributed by atoms with Crippen molar-refractivity contribution in [2.75, 3.05) is 0 Å². The molecule has 0 unspecified atom stereocenters. The lowest BCUT2D eigenvalue weighted by atomic mass is 9.83. The quantitative estimate of drug-likeness (QED) is 0.146. The minimum Gasteiger partial charge on any atom is -0.0620 e. The van der Waals surface area contributed by atoms with Crippen LogP contribution < -0.4 is 0 Å². The molecule has 15 rings (SSSR count). The number of rotatable bonds is 6. The molecule has 0 heterocycles. The molecule has 0 fully saturated rings. The van der Waals surface area contributed by atoms with E-state index in [-0.39, 0.29) is 5.41 Å². The average Bonchev–Trinajstić information content (AvgIpc) is 1.07. The van der Waals surface area contributed by atoms with Crippen molar-refractivity contribution >= 4 is 64.6 Å². The molecule has 15 aromatic rings. The molecule has 0 spiro atoms. The van der Waals surface area contributed by atoms with Gasteiger partial charge in [0.2, 0.25) is 0 Å². The fourth-order valence-electron chi connectivity index (χ4n) is 13.9. The van der Waals surface area contributed by atoms with Gasteiger partial charge in [0, 0.05) is 0 Å². The molecule has 0 atom stereocenters. The Morgan fingerprint density at radius 1 is 0.191 bits per heavy atom. The zero-order valence-corrected chi connectivity index (χ0v) is 53.1. The highest BCUT2D eigenvalue weighted by atomic mass is 14.3. The van der Waals surface area contributed by atoms with Gasteiger partial charge in [0.15, 0.2) is 0 Å². The highest BCUT2D eigenvalue weighted by Gasteiger charge is 2.22. The van der Waals surface area contributed by atoms with E-state index in [2.05, 4.69) is 348 Å². The van der Waals surface area contributed by atoms with Crippen molar-refractivity contribution in [1.82, 2.24) is 0 Å². The molecule has 432 valence electrons. The van der Waals surface area contributed by atoms with Crippen molar-refractivity contribution in [3.8, 4) is 66.8 Å². The maximum absolute atomic E-state index is 2.31. The molecule has 89 heavy (non-hydrogen) atoms. The number of aryl methyl sites for hydroxylation is 7. The predicted molar refractivity (Wildman–Crippen MR) is 389 cm³/mol. The lowest BCUT2D eigenvalue weighted by molar-refractivity contribution is 0.590. The van der Waals surface area contributed by atoms with E-state index in [1.807, 2.05) is 0 Å². The van der Waals surface area contributed by atoms with E-state index in [4.69, 9.17) is 0 Å². The molecule has 0 aliphatic carbocycles. The molecule has 0 amide bonds. The zero-order chi connectivity index (χ0) is 61.5. The van der Waals surface area contributed by atoms with Gasteiger partial charge in [-0.15, -0.1) is 0 Å². The smallest absolute Gasteiger partial charge is 0.00210 e. The van der Waals surface area contributed by atoms with Crippen molar-refractivity contribution in [2.45, 2.75) is 74.7 Å². The Morgan fingerprint density at radius 2 is 0.427 bits per heavy atom. The predicted octanol–water partition coefficient (Wildman–Crippen LogP) is 25.4. The number of hydrogen-bond acceptors (Lipinski definition) is 0. The third-order valence-corrected chi connectivity index (χ3v) is 18.2. The van der Waals surface area contributed by atoms with E-state index in [1.165, 1.54) is 176 Å². The third-order valence-electron chi connectivity index (χ3n) is 18.2. The van der Waals surface area contributed by atoms with Gasteiger partial charge >= 0.3 is 0 Å². The van der Waals surface area contributed by atoms with Gasteiger partial charge in [0.05, 0.1) is 0 Å². The van der Waals surface area contributed by atoms with E-state index in [1.54, 1.807) is 0 Å². The fourth-order valence-corrected chi connectivity index (χ4v) is 13.9. The zero-order valence-electron chi connectivity index (χ0n) is 53.1. The van der Waals surface area contributed by atoms with E-state index >= 15 is 0 Å². The molecule has 15 aromatic carbocycles. The van der Waals surface area contributed by atoms with Gasteiger partial charge in [-0.1, -0.05) is 322 Å². The first-order valence-electron chi connectivity index (χ1n) is 31.5. The molecule has 0 aliphatic heterocycles. The second kappa shape index (κ2) is 24.2. The molecule has 0 aliphatic rings. The second-order valence-corrected chi connectivity index (χ2v) is 25.5. The van der Waals surface area contributed by atoms with Crippen LogP contribution in [0, 0.1) is 48.5 Å². The average molecular weight is 1150 g/mol. The topological polar surface area (TPSA) is 0 Å². The minimum absolute atomic E-state index is 0.151. The van der Waals surface area contributed by atoms with Gasteiger partial charge in [0.1, 0.15) is 0 Å². The van der Waals surface area contributed by atoms with Crippen molar-refractivity contribution in [1.29, 1.82) is 0 Å². The van der Waals surface area contributed by atoms with Gasteiger partial charge < -0.3 is 0 Å². The van der Waals surface area contributed by atoms with E-state index in [0.29, 0.717) is 0 Å². The summed E-state index contributed by atoms with van der Waals surface area (Å²) in [7, 11) is 0. The van der Waals surface area contributed by atoms with Crippen LogP contribution in [0.2, 0.25) is 0 Å². The highest BCUT2D eigenvalue weighted by Crippen LogP contribution is 2.48. The summed E-state index contributed by atoms with van der Waals surface area (Å²) in [5.74, 6) is 0. The Morgan fingerprint density at radius 3 is 0.697 bits per heavy atom. The fraction of sp³-hybridized carbons (Fsp3) is 0.124. The van der Waals surface area contributed by atoms with Crippen LogP contribution in [-0.4, -0.2) is 0 Å². The third kappa shape index (κ3) is 11.1. The van der Waals surface area contributed by atoms with Crippen LogP contribution in [0.1, 0.15) is 65.3 Å². The summed E-state index contributed by atoms with van der Waals surface area (Å²) < 4.78 is 0. The van der Waals surface area contributed by atoms with E-state index in [0.717, 1.165) is 0 Å². The normalized spacial score (nSPS) is 11.5. The molecular weight excluding hydrogens is 1070 g/mol. The van der Waals surface area contributed by atoms with Gasteiger partial charge in [-0.25, -0.2) is 0 Å². The lowest BCUT2D eigenvalue weighted by Gasteiger charge is -2.21. The number of benzene rings is 15. The van der Waals surface area contributed by atoms with Gasteiger partial charge in [-0.2, -0.15) is 0 Å². The van der Waals surface area contributed by atoms with Crippen LogP contribution in [-0.2, 0) is 5.41 Å². The van der Waals surface area contributed by atoms with Crippen molar-refractivity contribution in [3.05, 3.63) is 324 Å². The van der Waals surface area contributed by atoms with Crippen molar-refractivity contribution < 1.29 is 0 Å². The summed E-state index contributed by atoms with van der Waals surface area (Å²) in [6.45, 7) is 22.1. The first-order valence-corrected chi connectivity index (χ1v) is 31.5. The molecule has 0 radical (unpaired) electrons. The standard InChI is InChI=1S/C31H28.C30H26.C28H22/c1-21-13-15-22(16-14-21)29-25-9-5-7-11-27(25)30(28-12-8-6-10-26(28)29)23-17-19-24(20-18-23)31(2,3)4;1-19-13-15-23(16-14-19)29-24-9-5-7-11-26(24)30(27-12-8-6-10-25(27)29)28-21(3)17-20(2)18-22(28)4;1-19-15-17-21(18-16-19)27-23-11-5-7-13-25(23)28(22-10-4-3-9-20(22)2)26-14-8-6-12-24(26)27/h5-20H,1-4H3;5-18H,1-4H3;3-18H,1-2H3. The molecule has 0 N–H and O–H groups in total. The summed E-state index contributed by atoms with van der Waals surface area (Å²) in [6.07, 6.45) is 0. The Balaban J connectivity index is 0.000000123. The molecule has 0 nitrogen and oxygen atoms in total. The molecule has 0 aromatic heterocycles. The molecule has 0 saturated carbocycles. The Labute approximate surface area is 526 Å². The first-order chi connectivity index (χ1) is 43.2. The first kappa shape index (κ1) is 57.9. The number of hydrogen-bond donors (Lipinski definition) is 0.